The molecule has 0 amide bonds. The van der Waals surface area contributed by atoms with Crippen molar-refractivity contribution in [3.63, 3.8) is 0 Å². The second kappa shape index (κ2) is 8.42. The molecule has 0 saturated carbocycles. The quantitative estimate of drug-likeness (QED) is 0.609. The maximum atomic E-state index is 7.07. The average molecular weight is 331 g/mol. The highest BCUT2D eigenvalue weighted by molar-refractivity contribution is 6.30. The number of nitrogens with zero attached hydrogens (tertiary/aromatic N) is 1. The molecule has 23 heavy (non-hydrogen) atoms. The van der Waals surface area contributed by atoms with Crippen LogP contribution in [0, 0.1) is 6.57 Å². The Hall–Kier alpha value is -2.22. The number of halogens is 1. The zero-order valence-electron chi connectivity index (χ0n) is 13.2. The lowest BCUT2D eigenvalue weighted by atomic mass is 10.1. The summed E-state index contributed by atoms with van der Waals surface area (Å²) in [5, 5.41) is 3.95. The first-order valence-corrected chi connectivity index (χ1v) is 7.62. The van der Waals surface area contributed by atoms with Crippen LogP contribution >= 0.6 is 11.6 Å². The van der Waals surface area contributed by atoms with E-state index < -0.39 is 0 Å². The Bertz CT molecular complexity index is 711. The molecule has 0 aliphatic carbocycles. The third-order valence-corrected chi connectivity index (χ3v) is 3.68. The van der Waals surface area contributed by atoms with Gasteiger partial charge in [-0.2, -0.15) is 0 Å². The van der Waals surface area contributed by atoms with Crippen LogP contribution in [0.1, 0.15) is 11.1 Å². The largest absolute Gasteiger partial charge is 0.497 e. The molecular weight excluding hydrogens is 312 g/mol. The summed E-state index contributed by atoms with van der Waals surface area (Å²) in [4.78, 5) is 3.42. The van der Waals surface area contributed by atoms with E-state index in [0.717, 1.165) is 35.6 Å². The third kappa shape index (κ3) is 4.88. The maximum Gasteiger partial charge on any atom is 0.189 e. The highest BCUT2D eigenvalue weighted by atomic mass is 35.5. The lowest BCUT2D eigenvalue weighted by Gasteiger charge is -2.11. The Kier molecular flexibility index (Phi) is 6.28. The summed E-state index contributed by atoms with van der Waals surface area (Å²) in [5.41, 5.74) is 2.65. The molecular formula is C18H19ClN2O2. The van der Waals surface area contributed by atoms with E-state index in [1.807, 2.05) is 30.3 Å². The van der Waals surface area contributed by atoms with Gasteiger partial charge in [0.25, 0.3) is 0 Å². The minimum absolute atomic E-state index is 0.559. The predicted octanol–water partition coefficient (Wildman–Crippen LogP) is 4.24. The molecule has 1 N–H and O–H groups in total. The molecule has 0 unspecified atom stereocenters. The zero-order chi connectivity index (χ0) is 16.7. The molecule has 2 rings (SSSR count). The van der Waals surface area contributed by atoms with Crippen LogP contribution in [0.3, 0.4) is 0 Å². The number of methoxy groups -OCH3 is 2. The van der Waals surface area contributed by atoms with Crippen LogP contribution in [0.5, 0.6) is 11.5 Å². The molecule has 120 valence electrons. The summed E-state index contributed by atoms with van der Waals surface area (Å²) < 4.78 is 10.6. The van der Waals surface area contributed by atoms with Crippen LogP contribution in [0.2, 0.25) is 5.02 Å². The SMILES string of the molecule is [C-]#[N+]c1cc(Cl)cc(CNCCc2cc(OC)ccc2OC)c1. The van der Waals surface area contributed by atoms with E-state index in [4.69, 9.17) is 27.6 Å². The lowest BCUT2D eigenvalue weighted by molar-refractivity contribution is 0.398. The topological polar surface area (TPSA) is 34.9 Å². The van der Waals surface area contributed by atoms with Crippen molar-refractivity contribution < 1.29 is 9.47 Å². The number of nitrogens with one attached hydrogen (secondary N) is 1. The Labute approximate surface area is 141 Å². The van der Waals surface area contributed by atoms with E-state index in [1.165, 1.54) is 0 Å². The van der Waals surface area contributed by atoms with Gasteiger partial charge in [0, 0.05) is 11.6 Å². The van der Waals surface area contributed by atoms with Crippen molar-refractivity contribution in [2.45, 2.75) is 13.0 Å². The van der Waals surface area contributed by atoms with Crippen LogP contribution < -0.4 is 14.8 Å². The molecule has 0 aliphatic heterocycles. The molecule has 0 aromatic heterocycles. The van der Waals surface area contributed by atoms with Gasteiger partial charge < -0.3 is 14.8 Å². The van der Waals surface area contributed by atoms with Crippen molar-refractivity contribution in [2.24, 2.45) is 0 Å². The summed E-state index contributed by atoms with van der Waals surface area (Å²) in [6.45, 7) is 8.51. The minimum Gasteiger partial charge on any atom is -0.497 e. The molecule has 0 spiro atoms. The van der Waals surface area contributed by atoms with Gasteiger partial charge in [-0.1, -0.05) is 17.7 Å². The van der Waals surface area contributed by atoms with E-state index in [9.17, 15) is 0 Å². The summed E-state index contributed by atoms with van der Waals surface area (Å²) in [6, 6.07) is 11.2. The Balaban J connectivity index is 1.93. The van der Waals surface area contributed by atoms with Crippen molar-refractivity contribution in [2.75, 3.05) is 20.8 Å². The van der Waals surface area contributed by atoms with Crippen molar-refractivity contribution >= 4 is 17.3 Å². The first kappa shape index (κ1) is 17.1. The number of ether oxygens (including phenoxy) is 2. The minimum atomic E-state index is 0.559. The number of hydrogen-bond acceptors (Lipinski definition) is 3. The fourth-order valence-electron chi connectivity index (χ4n) is 2.33. The van der Waals surface area contributed by atoms with Gasteiger partial charge in [-0.05, 0) is 54.4 Å². The van der Waals surface area contributed by atoms with Gasteiger partial charge in [0.2, 0.25) is 0 Å². The van der Waals surface area contributed by atoms with Gasteiger partial charge in [0.1, 0.15) is 11.5 Å². The molecule has 0 saturated heterocycles. The fraction of sp³-hybridized carbons (Fsp3) is 0.278. The molecule has 0 heterocycles. The second-order valence-electron chi connectivity index (χ2n) is 5.03. The summed E-state index contributed by atoms with van der Waals surface area (Å²) in [6.07, 6.45) is 0.816. The standard InChI is InChI=1S/C18H19ClN2O2/c1-20-16-9-13(8-15(19)11-16)12-21-7-6-14-10-17(22-2)4-5-18(14)23-3/h4-5,8-11,21H,6-7,12H2,2-3H3. The molecule has 2 aromatic carbocycles. The first-order valence-electron chi connectivity index (χ1n) is 7.25. The lowest BCUT2D eigenvalue weighted by Crippen LogP contribution is -2.17. The molecule has 4 nitrogen and oxygen atoms in total. The molecule has 0 atom stereocenters. The van der Waals surface area contributed by atoms with Gasteiger partial charge in [0.05, 0.1) is 20.8 Å². The normalized spacial score (nSPS) is 10.2. The highest BCUT2D eigenvalue weighted by Gasteiger charge is 2.05. The smallest absolute Gasteiger partial charge is 0.189 e. The van der Waals surface area contributed by atoms with E-state index >= 15 is 0 Å². The van der Waals surface area contributed by atoms with Crippen molar-refractivity contribution in [1.82, 2.24) is 5.32 Å². The molecule has 0 fully saturated rings. The van der Waals surface area contributed by atoms with Crippen molar-refractivity contribution in [3.05, 3.63) is 64.0 Å². The highest BCUT2D eigenvalue weighted by Crippen LogP contribution is 2.24. The average Bonchev–Trinajstić information content (AvgIpc) is 2.58. The predicted molar refractivity (Wildman–Crippen MR) is 92.7 cm³/mol. The number of benzene rings is 2. The maximum absolute atomic E-state index is 7.07. The van der Waals surface area contributed by atoms with E-state index in [2.05, 4.69) is 10.2 Å². The fourth-order valence-corrected chi connectivity index (χ4v) is 2.58. The second-order valence-corrected chi connectivity index (χ2v) is 5.47. The zero-order valence-corrected chi connectivity index (χ0v) is 14.0. The molecule has 0 aliphatic rings. The molecule has 0 radical (unpaired) electrons. The van der Waals surface area contributed by atoms with E-state index in [0.29, 0.717) is 17.3 Å². The van der Waals surface area contributed by atoms with Crippen LogP contribution in [0.25, 0.3) is 4.85 Å². The monoisotopic (exact) mass is 330 g/mol. The van der Waals surface area contributed by atoms with Crippen LogP contribution in [-0.4, -0.2) is 20.8 Å². The van der Waals surface area contributed by atoms with Crippen molar-refractivity contribution in [1.29, 1.82) is 0 Å². The third-order valence-electron chi connectivity index (χ3n) is 3.46. The van der Waals surface area contributed by atoms with Gasteiger partial charge in [0.15, 0.2) is 5.69 Å². The van der Waals surface area contributed by atoms with Gasteiger partial charge in [-0.15, -0.1) is 0 Å². The van der Waals surface area contributed by atoms with E-state index in [1.54, 1.807) is 20.3 Å². The Morgan fingerprint density at radius 2 is 1.96 bits per heavy atom. The Morgan fingerprint density at radius 3 is 2.65 bits per heavy atom. The first-order chi connectivity index (χ1) is 11.2. The molecule has 2 aromatic rings. The van der Waals surface area contributed by atoms with Gasteiger partial charge in [-0.3, -0.25) is 0 Å². The Morgan fingerprint density at radius 1 is 1.13 bits per heavy atom. The number of rotatable bonds is 7. The number of hydrogen-bond donors (Lipinski definition) is 1. The summed E-state index contributed by atoms with van der Waals surface area (Å²) in [5.74, 6) is 1.67. The van der Waals surface area contributed by atoms with E-state index in [-0.39, 0.29) is 0 Å². The summed E-state index contributed by atoms with van der Waals surface area (Å²) >= 11 is 6.01. The van der Waals surface area contributed by atoms with Gasteiger partial charge in [-0.25, -0.2) is 4.85 Å². The van der Waals surface area contributed by atoms with Crippen molar-refractivity contribution in [3.8, 4) is 11.5 Å². The molecule has 0 bridgehead atoms. The van der Waals surface area contributed by atoms with Crippen LogP contribution in [0.15, 0.2) is 36.4 Å². The summed E-state index contributed by atoms with van der Waals surface area (Å²) in [7, 11) is 3.31. The molecule has 5 heteroatoms. The van der Waals surface area contributed by atoms with Crippen LogP contribution in [0.4, 0.5) is 5.69 Å². The van der Waals surface area contributed by atoms with Crippen LogP contribution in [-0.2, 0) is 13.0 Å². The van der Waals surface area contributed by atoms with Gasteiger partial charge >= 0.3 is 0 Å².